The molecule has 0 aliphatic carbocycles. The molecule has 0 aliphatic rings. The van der Waals surface area contributed by atoms with Crippen LogP contribution >= 0.6 is 23.1 Å². The number of amides is 1. The zero-order valence-corrected chi connectivity index (χ0v) is 20.5. The lowest BCUT2D eigenvalue weighted by Gasteiger charge is -2.11. The lowest BCUT2D eigenvalue weighted by Crippen LogP contribution is -2.19. The van der Waals surface area contributed by atoms with Crippen molar-refractivity contribution < 1.29 is 14.3 Å². The molecular weight excluding hydrogens is 470 g/mol. The molecule has 2 aromatic carbocycles. The van der Waals surface area contributed by atoms with Gasteiger partial charge in [-0.15, -0.1) is 21.5 Å². The molecule has 1 amide bonds. The summed E-state index contributed by atoms with van der Waals surface area (Å²) in [5.74, 6) is 2.06. The molecule has 1 N–H and O–H groups in total. The number of methoxy groups -OCH3 is 2. The van der Waals surface area contributed by atoms with Crippen LogP contribution in [0.25, 0.3) is 17.1 Å². The minimum atomic E-state index is -0.232. The molecule has 174 valence electrons. The van der Waals surface area contributed by atoms with Crippen molar-refractivity contribution in [3.8, 4) is 28.6 Å². The van der Waals surface area contributed by atoms with Crippen molar-refractivity contribution in [1.82, 2.24) is 20.2 Å². The van der Waals surface area contributed by atoms with E-state index >= 15 is 0 Å². The molecule has 2 aromatic heterocycles. The number of hydrogen-bond donors (Lipinski definition) is 1. The molecular formula is C24H23N5O3S2. The standard InChI is InChI=1S/C24H23N5O3S2/c1-16-4-13-21(34-16)14-25-26-22(30)15-33-24-28-27-23(17-5-9-19(31-2)10-6-17)29(24)18-7-11-20(32-3)12-8-18/h4-14H,15H2,1-3H3,(H,26,30). The van der Waals surface area contributed by atoms with Crippen LogP contribution < -0.4 is 14.9 Å². The first-order valence-corrected chi connectivity index (χ1v) is 12.1. The summed E-state index contributed by atoms with van der Waals surface area (Å²) in [6, 6.07) is 19.1. The van der Waals surface area contributed by atoms with Crippen LogP contribution in [0.5, 0.6) is 11.5 Å². The maximum atomic E-state index is 12.4. The smallest absolute Gasteiger partial charge is 0.250 e. The van der Waals surface area contributed by atoms with E-state index in [1.54, 1.807) is 31.8 Å². The third kappa shape index (κ3) is 5.64. The number of thiophene rings is 1. The number of rotatable bonds is 9. The average molecular weight is 494 g/mol. The highest BCUT2D eigenvalue weighted by molar-refractivity contribution is 7.99. The highest BCUT2D eigenvalue weighted by Gasteiger charge is 2.17. The Labute approximate surface area is 205 Å². The van der Waals surface area contributed by atoms with Crippen molar-refractivity contribution in [3.05, 3.63) is 70.4 Å². The van der Waals surface area contributed by atoms with Crippen LogP contribution in [-0.4, -0.2) is 46.9 Å². The Morgan fingerprint density at radius 2 is 1.71 bits per heavy atom. The van der Waals surface area contributed by atoms with Gasteiger partial charge in [0.1, 0.15) is 11.5 Å². The van der Waals surface area contributed by atoms with Crippen molar-refractivity contribution in [2.75, 3.05) is 20.0 Å². The summed E-state index contributed by atoms with van der Waals surface area (Å²) in [5.41, 5.74) is 4.29. The molecule has 2 heterocycles. The summed E-state index contributed by atoms with van der Waals surface area (Å²) in [6.45, 7) is 2.02. The van der Waals surface area contributed by atoms with Crippen molar-refractivity contribution in [2.24, 2.45) is 5.10 Å². The first kappa shape index (κ1) is 23.5. The highest BCUT2D eigenvalue weighted by atomic mass is 32.2. The first-order chi connectivity index (χ1) is 16.6. The maximum absolute atomic E-state index is 12.4. The van der Waals surface area contributed by atoms with Crippen LogP contribution in [0.4, 0.5) is 0 Å². The van der Waals surface area contributed by atoms with Crippen LogP contribution in [0.2, 0.25) is 0 Å². The lowest BCUT2D eigenvalue weighted by molar-refractivity contribution is -0.118. The third-order valence-electron chi connectivity index (χ3n) is 4.79. The largest absolute Gasteiger partial charge is 0.497 e. The number of hydrogen-bond acceptors (Lipinski definition) is 8. The predicted molar refractivity (Wildman–Crippen MR) is 135 cm³/mol. The van der Waals surface area contributed by atoms with E-state index in [4.69, 9.17) is 9.47 Å². The number of ether oxygens (including phenoxy) is 2. The van der Waals surface area contributed by atoms with Gasteiger partial charge in [0, 0.05) is 21.0 Å². The van der Waals surface area contributed by atoms with E-state index in [0.717, 1.165) is 27.6 Å². The fraction of sp³-hybridized carbons (Fsp3) is 0.167. The fourth-order valence-electron chi connectivity index (χ4n) is 3.11. The molecule has 0 saturated carbocycles. The molecule has 0 spiro atoms. The van der Waals surface area contributed by atoms with Gasteiger partial charge in [0.15, 0.2) is 11.0 Å². The van der Waals surface area contributed by atoms with Crippen molar-refractivity contribution in [2.45, 2.75) is 12.1 Å². The Hall–Kier alpha value is -3.63. The molecule has 34 heavy (non-hydrogen) atoms. The quantitative estimate of drug-likeness (QED) is 0.209. The number of thioether (sulfide) groups is 1. The van der Waals surface area contributed by atoms with Crippen molar-refractivity contribution in [1.29, 1.82) is 0 Å². The SMILES string of the molecule is COc1ccc(-c2nnc(SCC(=O)NN=Cc3ccc(C)s3)n2-c2ccc(OC)cc2)cc1. The average Bonchev–Trinajstić information content (AvgIpc) is 3.49. The van der Waals surface area contributed by atoms with Gasteiger partial charge < -0.3 is 9.47 Å². The summed E-state index contributed by atoms with van der Waals surface area (Å²) in [4.78, 5) is 14.5. The molecule has 0 bridgehead atoms. The molecule has 0 radical (unpaired) electrons. The van der Waals surface area contributed by atoms with Gasteiger partial charge in [-0.2, -0.15) is 5.10 Å². The van der Waals surface area contributed by atoms with Crippen LogP contribution in [0.1, 0.15) is 9.75 Å². The molecule has 0 atom stereocenters. The van der Waals surface area contributed by atoms with E-state index in [0.29, 0.717) is 11.0 Å². The monoisotopic (exact) mass is 493 g/mol. The maximum Gasteiger partial charge on any atom is 0.250 e. The number of benzene rings is 2. The lowest BCUT2D eigenvalue weighted by atomic mass is 10.2. The number of hydrazone groups is 1. The normalized spacial score (nSPS) is 11.0. The number of carbonyl (C=O) groups excluding carboxylic acids is 1. The van der Waals surface area contributed by atoms with Crippen molar-refractivity contribution >= 4 is 35.2 Å². The Bertz CT molecular complexity index is 1280. The summed E-state index contributed by atoms with van der Waals surface area (Å²) in [6.07, 6.45) is 1.64. The molecule has 0 unspecified atom stereocenters. The van der Waals surface area contributed by atoms with E-state index in [2.05, 4.69) is 20.7 Å². The summed E-state index contributed by atoms with van der Waals surface area (Å²) < 4.78 is 12.5. The predicted octanol–water partition coefficient (Wildman–Crippen LogP) is 4.56. The third-order valence-corrected chi connectivity index (χ3v) is 6.65. The summed E-state index contributed by atoms with van der Waals surface area (Å²) >= 11 is 2.89. The number of carbonyl (C=O) groups is 1. The molecule has 4 aromatic rings. The summed E-state index contributed by atoms with van der Waals surface area (Å²) in [7, 11) is 3.25. The van der Waals surface area contributed by atoms with Gasteiger partial charge in [0.05, 0.1) is 26.2 Å². The minimum absolute atomic E-state index is 0.137. The number of aryl methyl sites for hydroxylation is 1. The number of aromatic nitrogens is 3. The van der Waals surface area contributed by atoms with Gasteiger partial charge in [-0.05, 0) is 67.6 Å². The van der Waals surface area contributed by atoms with Gasteiger partial charge in [0.25, 0.3) is 5.91 Å². The van der Waals surface area contributed by atoms with Crippen molar-refractivity contribution in [3.63, 3.8) is 0 Å². The second-order valence-corrected chi connectivity index (χ2v) is 9.36. The minimum Gasteiger partial charge on any atom is -0.497 e. The fourth-order valence-corrected chi connectivity index (χ4v) is 4.60. The molecule has 0 saturated heterocycles. The second kappa shape index (κ2) is 11.0. The Balaban J connectivity index is 1.54. The Morgan fingerprint density at radius 1 is 1.03 bits per heavy atom. The number of nitrogens with one attached hydrogen (secondary N) is 1. The van der Waals surface area contributed by atoms with Gasteiger partial charge >= 0.3 is 0 Å². The number of nitrogens with zero attached hydrogens (tertiary/aromatic N) is 4. The zero-order chi connectivity index (χ0) is 23.9. The molecule has 0 aliphatic heterocycles. The molecule has 0 fully saturated rings. The van der Waals surface area contributed by atoms with Crippen LogP contribution in [0, 0.1) is 6.92 Å². The molecule has 4 rings (SSSR count). The van der Waals surface area contributed by atoms with Gasteiger partial charge in [0.2, 0.25) is 0 Å². The topological polar surface area (TPSA) is 90.6 Å². The first-order valence-electron chi connectivity index (χ1n) is 10.3. The van der Waals surface area contributed by atoms with Gasteiger partial charge in [-0.3, -0.25) is 9.36 Å². The second-order valence-electron chi connectivity index (χ2n) is 7.10. The molecule has 8 nitrogen and oxygen atoms in total. The van der Waals surface area contributed by atoms with Gasteiger partial charge in [-0.1, -0.05) is 11.8 Å². The highest BCUT2D eigenvalue weighted by Crippen LogP contribution is 2.29. The van der Waals surface area contributed by atoms with E-state index in [1.807, 2.05) is 72.2 Å². The van der Waals surface area contributed by atoms with Gasteiger partial charge in [-0.25, -0.2) is 5.43 Å². The Morgan fingerprint density at radius 3 is 2.32 bits per heavy atom. The van der Waals surface area contributed by atoms with Crippen LogP contribution in [-0.2, 0) is 4.79 Å². The van der Waals surface area contributed by atoms with E-state index in [1.165, 1.54) is 16.6 Å². The Kier molecular flexibility index (Phi) is 7.61. The molecule has 10 heteroatoms. The van der Waals surface area contributed by atoms with Crippen LogP contribution in [0.3, 0.4) is 0 Å². The van der Waals surface area contributed by atoms with Crippen LogP contribution in [0.15, 0.2) is 70.9 Å². The van der Waals surface area contributed by atoms with E-state index < -0.39 is 0 Å². The van der Waals surface area contributed by atoms with E-state index in [-0.39, 0.29) is 11.7 Å². The zero-order valence-electron chi connectivity index (χ0n) is 18.9. The van der Waals surface area contributed by atoms with E-state index in [9.17, 15) is 4.79 Å². The summed E-state index contributed by atoms with van der Waals surface area (Å²) in [5, 5.41) is 13.4.